The van der Waals surface area contributed by atoms with Gasteiger partial charge in [0.1, 0.15) is 18.0 Å². The van der Waals surface area contributed by atoms with Crippen LogP contribution < -0.4 is 14.4 Å². The third-order valence-corrected chi connectivity index (χ3v) is 7.23. The number of hydrogen-bond acceptors (Lipinski definition) is 7. The van der Waals surface area contributed by atoms with Crippen molar-refractivity contribution in [1.29, 1.82) is 0 Å². The molecule has 0 radical (unpaired) electrons. The second kappa shape index (κ2) is 12.6. The maximum atomic E-state index is 14.2. The number of halogens is 1. The summed E-state index contributed by atoms with van der Waals surface area (Å²) in [7, 11) is 1.51. The molecule has 42 heavy (non-hydrogen) atoms. The summed E-state index contributed by atoms with van der Waals surface area (Å²) in [6, 6.07) is 14.4. The van der Waals surface area contributed by atoms with Crippen molar-refractivity contribution in [3.05, 3.63) is 82.7 Å². The largest absolute Gasteiger partial charge is 0.505 e. The molecule has 0 saturated carbocycles. The molecular formula is C33H36FNO7. The highest BCUT2D eigenvalue weighted by Crippen LogP contribution is 2.40. The van der Waals surface area contributed by atoms with Crippen molar-refractivity contribution in [1.82, 2.24) is 0 Å². The van der Waals surface area contributed by atoms with Crippen molar-refractivity contribution in [3.8, 4) is 17.2 Å². The molecule has 4 rings (SSSR count). The number of amides is 1. The molecule has 0 heterocycles. The standard InChI is InChI=1S/C33H36FNO7/c1-6-41-30(37)19-35(31(38)23-10-14-29(36)27(34)17-23)28-18-24(40-5)12-13-26(28)22-8-7-21-16-25(11-9-20(21)15-22)42-32(39)33(2,3)4/h9-14,16-18,22,36H,6-8,15,19H2,1-5H3/t22-/m1/s1. The summed E-state index contributed by atoms with van der Waals surface area (Å²) in [5.41, 5.74) is 2.79. The minimum Gasteiger partial charge on any atom is -0.505 e. The van der Waals surface area contributed by atoms with Crippen LogP contribution in [0.3, 0.4) is 0 Å². The van der Waals surface area contributed by atoms with Gasteiger partial charge in [0.25, 0.3) is 5.91 Å². The number of aryl methyl sites for hydroxylation is 1. The van der Waals surface area contributed by atoms with Crippen LogP contribution in [0.2, 0.25) is 0 Å². The minimum absolute atomic E-state index is 0.0181. The van der Waals surface area contributed by atoms with E-state index in [0.717, 1.165) is 35.2 Å². The van der Waals surface area contributed by atoms with Gasteiger partial charge < -0.3 is 19.3 Å². The van der Waals surface area contributed by atoms with Gasteiger partial charge in [-0.3, -0.25) is 19.3 Å². The second-order valence-electron chi connectivity index (χ2n) is 11.3. The lowest BCUT2D eigenvalue weighted by molar-refractivity contribution is -0.143. The predicted molar refractivity (Wildman–Crippen MR) is 156 cm³/mol. The lowest BCUT2D eigenvalue weighted by Crippen LogP contribution is -2.37. The van der Waals surface area contributed by atoms with Crippen LogP contribution in [-0.4, -0.2) is 43.2 Å². The summed E-state index contributed by atoms with van der Waals surface area (Å²) in [6.07, 6.45) is 2.09. The van der Waals surface area contributed by atoms with Crippen molar-refractivity contribution in [2.24, 2.45) is 5.41 Å². The third-order valence-electron chi connectivity index (χ3n) is 7.23. The van der Waals surface area contributed by atoms with E-state index < -0.39 is 35.4 Å². The Balaban J connectivity index is 1.70. The zero-order valence-electron chi connectivity index (χ0n) is 24.5. The van der Waals surface area contributed by atoms with Crippen LogP contribution in [0.4, 0.5) is 10.1 Å². The Hall–Kier alpha value is -4.40. The van der Waals surface area contributed by atoms with Crippen LogP contribution in [0.1, 0.15) is 67.1 Å². The van der Waals surface area contributed by atoms with E-state index in [-0.39, 0.29) is 24.1 Å². The molecule has 1 aliphatic rings. The molecule has 0 bridgehead atoms. The number of rotatable bonds is 8. The first-order valence-corrected chi connectivity index (χ1v) is 13.9. The first kappa shape index (κ1) is 30.6. The molecule has 1 aliphatic carbocycles. The van der Waals surface area contributed by atoms with E-state index in [9.17, 15) is 23.9 Å². The number of nitrogens with zero attached hydrogens (tertiary/aromatic N) is 1. The number of benzene rings is 3. The highest BCUT2D eigenvalue weighted by Gasteiger charge is 2.30. The Bertz CT molecular complexity index is 1490. The molecule has 0 aliphatic heterocycles. The molecule has 1 atom stereocenters. The number of aromatic hydroxyl groups is 1. The van der Waals surface area contributed by atoms with Crippen molar-refractivity contribution in [2.45, 2.75) is 52.9 Å². The number of anilines is 1. The van der Waals surface area contributed by atoms with Crippen LogP contribution in [-0.2, 0) is 27.2 Å². The molecule has 0 spiro atoms. The molecule has 3 aromatic rings. The Morgan fingerprint density at radius 1 is 1.00 bits per heavy atom. The zero-order chi connectivity index (χ0) is 30.6. The number of hydrogen-bond donors (Lipinski definition) is 1. The molecule has 222 valence electrons. The quantitative estimate of drug-likeness (QED) is 0.260. The summed E-state index contributed by atoms with van der Waals surface area (Å²) >= 11 is 0. The Morgan fingerprint density at radius 3 is 2.40 bits per heavy atom. The summed E-state index contributed by atoms with van der Waals surface area (Å²) in [5, 5.41) is 9.64. The van der Waals surface area contributed by atoms with Gasteiger partial charge >= 0.3 is 11.9 Å². The van der Waals surface area contributed by atoms with Crippen molar-refractivity contribution in [3.63, 3.8) is 0 Å². The van der Waals surface area contributed by atoms with Crippen molar-refractivity contribution >= 4 is 23.5 Å². The van der Waals surface area contributed by atoms with E-state index in [4.69, 9.17) is 14.2 Å². The number of methoxy groups -OCH3 is 1. The van der Waals surface area contributed by atoms with E-state index in [1.807, 2.05) is 18.2 Å². The molecule has 0 aromatic heterocycles. The SMILES string of the molecule is CCOC(=O)CN(C(=O)c1ccc(O)c(F)c1)c1cc(OC)ccc1[C@@H]1CCc2cc(OC(=O)C(C)(C)C)ccc2C1. The normalized spacial score (nSPS) is 14.5. The van der Waals surface area contributed by atoms with E-state index in [1.54, 1.807) is 45.9 Å². The highest BCUT2D eigenvalue weighted by molar-refractivity contribution is 6.09. The number of fused-ring (bicyclic) bond motifs is 1. The second-order valence-corrected chi connectivity index (χ2v) is 11.3. The van der Waals surface area contributed by atoms with Gasteiger partial charge in [-0.15, -0.1) is 0 Å². The van der Waals surface area contributed by atoms with Gasteiger partial charge in [0.15, 0.2) is 11.6 Å². The maximum Gasteiger partial charge on any atom is 0.326 e. The molecule has 8 nitrogen and oxygen atoms in total. The van der Waals surface area contributed by atoms with Crippen LogP contribution in [0.15, 0.2) is 54.6 Å². The summed E-state index contributed by atoms with van der Waals surface area (Å²) in [5.74, 6) is -2.11. The van der Waals surface area contributed by atoms with Gasteiger partial charge in [0, 0.05) is 11.6 Å². The van der Waals surface area contributed by atoms with Crippen LogP contribution in [0.25, 0.3) is 0 Å². The van der Waals surface area contributed by atoms with E-state index in [0.29, 0.717) is 30.0 Å². The topological polar surface area (TPSA) is 102 Å². The molecule has 0 saturated heterocycles. The number of ether oxygens (including phenoxy) is 3. The first-order chi connectivity index (χ1) is 19.9. The number of phenols is 1. The molecule has 1 N–H and O–H groups in total. The van der Waals surface area contributed by atoms with Gasteiger partial charge in [-0.2, -0.15) is 0 Å². The Labute approximate surface area is 245 Å². The smallest absolute Gasteiger partial charge is 0.326 e. The maximum absolute atomic E-state index is 14.2. The summed E-state index contributed by atoms with van der Waals surface area (Å²) in [4.78, 5) is 40.1. The van der Waals surface area contributed by atoms with E-state index in [2.05, 4.69) is 0 Å². The molecule has 9 heteroatoms. The average molecular weight is 578 g/mol. The van der Waals surface area contributed by atoms with Gasteiger partial charge in [-0.05, 0) is 106 Å². The third kappa shape index (κ3) is 6.90. The number of phenolic OH excluding ortho intramolecular Hbond substituents is 1. The molecule has 1 amide bonds. The summed E-state index contributed by atoms with van der Waals surface area (Å²) in [6.45, 7) is 6.81. The number of carbonyl (C=O) groups is 3. The zero-order valence-corrected chi connectivity index (χ0v) is 24.5. The van der Waals surface area contributed by atoms with Gasteiger partial charge in [0.2, 0.25) is 0 Å². The Kier molecular flexibility index (Phi) is 9.19. The van der Waals surface area contributed by atoms with E-state index in [1.165, 1.54) is 18.1 Å². The molecule has 0 unspecified atom stereocenters. The fourth-order valence-corrected chi connectivity index (χ4v) is 4.95. The van der Waals surface area contributed by atoms with E-state index >= 15 is 0 Å². The van der Waals surface area contributed by atoms with Crippen molar-refractivity contribution < 1.29 is 38.1 Å². The number of carbonyl (C=O) groups excluding carboxylic acids is 3. The molecular weight excluding hydrogens is 541 g/mol. The summed E-state index contributed by atoms with van der Waals surface area (Å²) < 4.78 is 30.4. The first-order valence-electron chi connectivity index (χ1n) is 13.9. The molecule has 3 aromatic carbocycles. The van der Waals surface area contributed by atoms with Crippen molar-refractivity contribution in [2.75, 3.05) is 25.2 Å². The average Bonchev–Trinajstić information content (AvgIpc) is 2.96. The van der Waals surface area contributed by atoms with Crippen LogP contribution >= 0.6 is 0 Å². The van der Waals surface area contributed by atoms with Gasteiger partial charge in [0.05, 0.1) is 24.8 Å². The lowest BCUT2D eigenvalue weighted by Gasteiger charge is -2.31. The van der Waals surface area contributed by atoms with Gasteiger partial charge in [-0.1, -0.05) is 12.1 Å². The fourth-order valence-electron chi connectivity index (χ4n) is 4.95. The fraction of sp³-hybridized carbons (Fsp3) is 0.364. The van der Waals surface area contributed by atoms with Gasteiger partial charge in [-0.25, -0.2) is 4.39 Å². The number of esters is 2. The Morgan fingerprint density at radius 2 is 1.74 bits per heavy atom. The molecule has 0 fully saturated rings. The highest BCUT2D eigenvalue weighted by atomic mass is 19.1. The van der Waals surface area contributed by atoms with Crippen LogP contribution in [0, 0.1) is 11.2 Å². The van der Waals surface area contributed by atoms with Crippen LogP contribution in [0.5, 0.6) is 17.2 Å². The monoisotopic (exact) mass is 577 g/mol. The minimum atomic E-state index is -0.945. The predicted octanol–water partition coefficient (Wildman–Crippen LogP) is 5.97. The lowest BCUT2D eigenvalue weighted by atomic mass is 9.79.